The minimum atomic E-state index is -3.51. The molecule has 1 saturated carbocycles. The summed E-state index contributed by atoms with van der Waals surface area (Å²) in [7, 11) is 1.57. The first-order valence-electron chi connectivity index (χ1n) is 16.0. The number of methoxy groups -OCH3 is 1. The highest BCUT2D eigenvalue weighted by Gasteiger charge is 2.63. The number of piperazine rings is 1. The monoisotopic (exact) mass is 682 g/mol. The SMILES string of the molecule is COc1nc(Nc2nccc(-c3ccc(OC4CCN(C(=O)[C@@H]5CC5(F)F)CC4(F)F)c(C#N)c3)n2)ccc1N1CCN(C2COC2)CC1. The van der Waals surface area contributed by atoms with Crippen LogP contribution in [0.3, 0.4) is 0 Å². The molecule has 4 fully saturated rings. The first-order chi connectivity index (χ1) is 23.5. The molecule has 1 amide bonds. The number of hydrogen-bond donors (Lipinski definition) is 1. The molecule has 258 valence electrons. The van der Waals surface area contributed by atoms with Crippen molar-refractivity contribution in [2.24, 2.45) is 5.92 Å². The van der Waals surface area contributed by atoms with E-state index in [1.807, 2.05) is 18.2 Å². The molecule has 0 bridgehead atoms. The van der Waals surface area contributed by atoms with Crippen LogP contribution >= 0.6 is 0 Å². The van der Waals surface area contributed by atoms with Gasteiger partial charge >= 0.3 is 5.92 Å². The zero-order valence-corrected chi connectivity index (χ0v) is 26.6. The molecule has 2 aromatic heterocycles. The number of ether oxygens (including phenoxy) is 3. The first-order valence-corrected chi connectivity index (χ1v) is 16.0. The molecule has 1 aliphatic carbocycles. The molecular formula is C33H34F4N8O4. The minimum absolute atomic E-state index is 0.00129. The number of hydrogen-bond acceptors (Lipinski definition) is 11. The first kappa shape index (κ1) is 32.8. The molecule has 1 aromatic carbocycles. The lowest BCUT2D eigenvalue weighted by molar-refractivity contribution is -0.162. The molecule has 16 heteroatoms. The highest BCUT2D eigenvalue weighted by atomic mass is 19.3. The van der Waals surface area contributed by atoms with Gasteiger partial charge in [0.25, 0.3) is 5.92 Å². The van der Waals surface area contributed by atoms with Gasteiger partial charge in [0.2, 0.25) is 17.7 Å². The standard InChI is InChI=1S/C33H34F4N8O4/c1-47-29-25(44-12-10-43(11-13-44)22-17-48-18-22)3-5-28(41-29)42-31-39-8-6-24(40-31)20-2-4-26(21(14-20)16-38)49-27-7-9-45(19-33(27,36)37)30(46)23-15-32(23,34)35/h2-6,8,14,22-23,27H,7,9-13,15,17-19H2,1H3,(H,39,40,41,42)/t23-,27?/m0/s1. The number of pyridine rings is 1. The molecule has 0 radical (unpaired) electrons. The second kappa shape index (κ2) is 12.9. The van der Waals surface area contributed by atoms with Crippen molar-refractivity contribution >= 4 is 23.4 Å². The minimum Gasteiger partial charge on any atom is -0.483 e. The van der Waals surface area contributed by atoms with E-state index >= 15 is 8.78 Å². The summed E-state index contributed by atoms with van der Waals surface area (Å²) in [6.07, 6.45) is -1.01. The Morgan fingerprint density at radius 3 is 2.47 bits per heavy atom. The van der Waals surface area contributed by atoms with Crippen LogP contribution in [-0.2, 0) is 9.53 Å². The maximum Gasteiger partial charge on any atom is 0.301 e. The van der Waals surface area contributed by atoms with Crippen LogP contribution in [0.5, 0.6) is 11.6 Å². The van der Waals surface area contributed by atoms with E-state index in [2.05, 4.69) is 30.1 Å². The number of carbonyl (C=O) groups excluding carboxylic acids is 1. The van der Waals surface area contributed by atoms with E-state index in [1.54, 1.807) is 19.2 Å². The second-order valence-corrected chi connectivity index (χ2v) is 12.6. The van der Waals surface area contributed by atoms with Crippen molar-refractivity contribution in [2.75, 3.05) is 69.8 Å². The number of anilines is 3. The van der Waals surface area contributed by atoms with E-state index in [9.17, 15) is 18.8 Å². The largest absolute Gasteiger partial charge is 0.483 e. The van der Waals surface area contributed by atoms with E-state index in [1.165, 1.54) is 18.3 Å². The van der Waals surface area contributed by atoms with Crippen LogP contribution in [0.4, 0.5) is 35.0 Å². The number of benzene rings is 1. The zero-order valence-electron chi connectivity index (χ0n) is 26.6. The quantitative estimate of drug-likeness (QED) is 0.330. The number of rotatable bonds is 9. The lowest BCUT2D eigenvalue weighted by Crippen LogP contribution is -2.56. The van der Waals surface area contributed by atoms with Crippen LogP contribution in [0.1, 0.15) is 18.4 Å². The number of aromatic nitrogens is 3. The fourth-order valence-corrected chi connectivity index (χ4v) is 6.34. The van der Waals surface area contributed by atoms with E-state index in [4.69, 9.17) is 14.2 Å². The van der Waals surface area contributed by atoms with E-state index < -0.39 is 42.7 Å². The Bertz CT molecular complexity index is 1760. The van der Waals surface area contributed by atoms with Crippen molar-refractivity contribution in [3.8, 4) is 29.0 Å². The highest BCUT2D eigenvalue weighted by molar-refractivity contribution is 5.83. The molecular weight excluding hydrogens is 648 g/mol. The number of likely N-dealkylation sites (tertiary alicyclic amines) is 1. The normalized spacial score (nSPS) is 23.3. The Balaban J connectivity index is 1.00. The summed E-state index contributed by atoms with van der Waals surface area (Å²) in [5.74, 6) is -8.06. The number of halogens is 4. The third-order valence-electron chi connectivity index (χ3n) is 9.36. The molecule has 5 heterocycles. The summed E-state index contributed by atoms with van der Waals surface area (Å²) in [5, 5.41) is 12.9. The lowest BCUT2D eigenvalue weighted by atomic mass is 10.0. The van der Waals surface area contributed by atoms with Crippen molar-refractivity contribution in [1.82, 2.24) is 24.8 Å². The summed E-state index contributed by atoms with van der Waals surface area (Å²) >= 11 is 0. The number of nitrogens with one attached hydrogen (secondary N) is 1. The van der Waals surface area contributed by atoms with Gasteiger partial charge in [-0.2, -0.15) is 10.2 Å². The topological polar surface area (TPSA) is 129 Å². The van der Waals surface area contributed by atoms with Crippen LogP contribution in [0.25, 0.3) is 11.3 Å². The molecule has 49 heavy (non-hydrogen) atoms. The van der Waals surface area contributed by atoms with Crippen molar-refractivity contribution in [3.63, 3.8) is 0 Å². The van der Waals surface area contributed by atoms with Gasteiger partial charge in [-0.15, -0.1) is 0 Å². The van der Waals surface area contributed by atoms with Crippen LogP contribution in [0, 0.1) is 17.2 Å². The Morgan fingerprint density at radius 1 is 1.04 bits per heavy atom. The van der Waals surface area contributed by atoms with Gasteiger partial charge in [-0.3, -0.25) is 9.69 Å². The van der Waals surface area contributed by atoms with Crippen LogP contribution < -0.4 is 19.7 Å². The smallest absolute Gasteiger partial charge is 0.301 e. The number of piperidine rings is 1. The molecule has 1 N–H and O–H groups in total. The third-order valence-corrected chi connectivity index (χ3v) is 9.36. The van der Waals surface area contributed by atoms with Gasteiger partial charge in [0.05, 0.1) is 44.2 Å². The molecule has 3 saturated heterocycles. The highest BCUT2D eigenvalue weighted by Crippen LogP contribution is 2.50. The fourth-order valence-electron chi connectivity index (χ4n) is 6.34. The zero-order chi connectivity index (χ0) is 34.3. The van der Waals surface area contributed by atoms with Crippen LogP contribution in [-0.4, -0.2) is 114 Å². The number of nitriles is 1. The predicted octanol–water partition coefficient (Wildman–Crippen LogP) is 3.95. The van der Waals surface area contributed by atoms with Crippen LogP contribution in [0.15, 0.2) is 42.6 Å². The third kappa shape index (κ3) is 6.77. The second-order valence-electron chi connectivity index (χ2n) is 12.6. The summed E-state index contributed by atoms with van der Waals surface area (Å²) in [6.45, 7) is 3.93. The average molecular weight is 683 g/mol. The maximum atomic E-state index is 15.0. The fraction of sp³-hybridized carbons (Fsp3) is 0.485. The van der Waals surface area contributed by atoms with Gasteiger partial charge in [-0.05, 0) is 36.4 Å². The van der Waals surface area contributed by atoms with Gasteiger partial charge in [0, 0.05) is 57.3 Å². The Kier molecular flexibility index (Phi) is 8.65. The van der Waals surface area contributed by atoms with Crippen molar-refractivity contribution in [1.29, 1.82) is 5.26 Å². The number of carbonyl (C=O) groups is 1. The number of alkyl halides is 4. The van der Waals surface area contributed by atoms with Gasteiger partial charge < -0.3 is 29.3 Å². The van der Waals surface area contributed by atoms with E-state index in [0.717, 1.165) is 50.0 Å². The maximum absolute atomic E-state index is 15.0. The van der Waals surface area contributed by atoms with Gasteiger partial charge in [0.15, 0.2) is 6.10 Å². The van der Waals surface area contributed by atoms with Crippen molar-refractivity contribution in [3.05, 3.63) is 48.2 Å². The molecule has 2 atom stereocenters. The number of amides is 1. The summed E-state index contributed by atoms with van der Waals surface area (Å²) in [4.78, 5) is 31.2. The summed E-state index contributed by atoms with van der Waals surface area (Å²) in [5.41, 5.74) is 1.85. The Hall–Kier alpha value is -4.75. The average Bonchev–Trinajstić information content (AvgIpc) is 3.72. The molecule has 3 aromatic rings. The van der Waals surface area contributed by atoms with Gasteiger partial charge in [-0.25, -0.2) is 27.5 Å². The predicted molar refractivity (Wildman–Crippen MR) is 168 cm³/mol. The number of nitrogens with zero attached hydrogens (tertiary/aromatic N) is 7. The lowest BCUT2D eigenvalue weighted by Gasteiger charge is -2.43. The Labute approximate surface area is 279 Å². The van der Waals surface area contributed by atoms with Crippen LogP contribution in [0.2, 0.25) is 0 Å². The Morgan fingerprint density at radius 2 is 1.82 bits per heavy atom. The van der Waals surface area contributed by atoms with Gasteiger partial charge in [-0.1, -0.05) is 0 Å². The molecule has 1 unspecified atom stereocenters. The summed E-state index contributed by atoms with van der Waals surface area (Å²) < 4.78 is 73.3. The molecule has 0 spiro atoms. The molecule has 12 nitrogen and oxygen atoms in total. The molecule has 3 aliphatic heterocycles. The molecule has 7 rings (SSSR count). The summed E-state index contributed by atoms with van der Waals surface area (Å²) in [6, 6.07) is 12.3. The van der Waals surface area contributed by atoms with E-state index in [-0.39, 0.29) is 30.2 Å². The molecule has 4 aliphatic rings. The van der Waals surface area contributed by atoms with Crippen molar-refractivity contribution < 1.29 is 36.6 Å². The van der Waals surface area contributed by atoms with Gasteiger partial charge in [0.1, 0.15) is 29.2 Å². The van der Waals surface area contributed by atoms with Crippen molar-refractivity contribution in [2.45, 2.75) is 36.8 Å². The van der Waals surface area contributed by atoms with E-state index in [0.29, 0.717) is 29.0 Å².